The highest BCUT2D eigenvalue weighted by atomic mass is 16.4. The van der Waals surface area contributed by atoms with E-state index in [9.17, 15) is 19.5 Å². The molecule has 5 heteroatoms. The van der Waals surface area contributed by atoms with Crippen LogP contribution >= 0.6 is 0 Å². The standard InChI is InChI=1S/C29H33NO4/c1-19-11-14-22(15-12-19)27-20(2)23(25(31)16-13-21-9-7-6-8-10-21)17-26(32)30(27)24(28(33)34)18-29(3,4)5/h6-12,14-15,17,24H,13,16,18H2,1-5H3,(H,33,34). The number of Topliss-reactive ketones (excluding diaryl/α,β-unsaturated/α-hetero) is 1. The lowest BCUT2D eigenvalue weighted by Crippen LogP contribution is -2.34. The van der Waals surface area contributed by atoms with E-state index in [2.05, 4.69) is 0 Å². The van der Waals surface area contributed by atoms with Gasteiger partial charge < -0.3 is 5.11 Å². The Morgan fingerprint density at radius 1 is 0.971 bits per heavy atom. The normalized spacial score (nSPS) is 12.4. The predicted octanol–water partition coefficient (Wildman–Crippen LogP) is 6.01. The first kappa shape index (κ1) is 25.2. The maximum atomic E-state index is 13.4. The molecular weight excluding hydrogens is 426 g/mol. The van der Waals surface area contributed by atoms with Crippen molar-refractivity contribution in [2.24, 2.45) is 5.41 Å². The zero-order chi connectivity index (χ0) is 25.0. The molecule has 0 fully saturated rings. The van der Waals surface area contributed by atoms with Gasteiger partial charge in [-0.15, -0.1) is 0 Å². The third kappa shape index (κ3) is 5.90. The number of benzene rings is 2. The minimum Gasteiger partial charge on any atom is -0.480 e. The van der Waals surface area contributed by atoms with E-state index in [0.717, 1.165) is 16.7 Å². The van der Waals surface area contributed by atoms with Gasteiger partial charge in [-0.25, -0.2) is 4.79 Å². The van der Waals surface area contributed by atoms with E-state index >= 15 is 0 Å². The van der Waals surface area contributed by atoms with Crippen molar-refractivity contribution < 1.29 is 14.7 Å². The first-order valence-electron chi connectivity index (χ1n) is 11.6. The number of carbonyl (C=O) groups excluding carboxylic acids is 1. The molecule has 0 radical (unpaired) electrons. The number of nitrogens with zero attached hydrogens (tertiary/aromatic N) is 1. The third-order valence-electron chi connectivity index (χ3n) is 6.02. The first-order valence-corrected chi connectivity index (χ1v) is 11.6. The lowest BCUT2D eigenvalue weighted by atomic mass is 9.87. The van der Waals surface area contributed by atoms with Gasteiger partial charge in [0.1, 0.15) is 6.04 Å². The Balaban J connectivity index is 2.15. The van der Waals surface area contributed by atoms with Crippen molar-refractivity contribution in [1.82, 2.24) is 4.57 Å². The Morgan fingerprint density at radius 2 is 1.59 bits per heavy atom. The number of carboxylic acids is 1. The summed E-state index contributed by atoms with van der Waals surface area (Å²) in [5, 5.41) is 10.1. The SMILES string of the molecule is Cc1ccc(-c2c(C)c(C(=O)CCc3ccccc3)cc(=O)n2C(CC(C)(C)C)C(=O)O)cc1. The van der Waals surface area contributed by atoms with E-state index in [0.29, 0.717) is 23.2 Å². The summed E-state index contributed by atoms with van der Waals surface area (Å²) in [7, 11) is 0. The van der Waals surface area contributed by atoms with Crippen molar-refractivity contribution in [2.75, 3.05) is 0 Å². The highest BCUT2D eigenvalue weighted by Gasteiger charge is 2.31. The zero-order valence-corrected chi connectivity index (χ0v) is 20.6. The van der Waals surface area contributed by atoms with E-state index in [4.69, 9.17) is 0 Å². The topological polar surface area (TPSA) is 76.4 Å². The summed E-state index contributed by atoms with van der Waals surface area (Å²) in [5.74, 6) is -1.19. The highest BCUT2D eigenvalue weighted by molar-refractivity contribution is 5.99. The summed E-state index contributed by atoms with van der Waals surface area (Å²) in [5.41, 5.74) is 3.51. The van der Waals surface area contributed by atoms with Crippen molar-refractivity contribution in [3.63, 3.8) is 0 Å². The second kappa shape index (κ2) is 10.2. The van der Waals surface area contributed by atoms with Crippen LogP contribution in [0.2, 0.25) is 0 Å². The van der Waals surface area contributed by atoms with E-state index in [-0.39, 0.29) is 24.0 Å². The average Bonchev–Trinajstić information content (AvgIpc) is 2.78. The molecule has 0 saturated heterocycles. The summed E-state index contributed by atoms with van der Waals surface area (Å²) in [6, 6.07) is 17.6. The Hall–Kier alpha value is -3.47. The smallest absolute Gasteiger partial charge is 0.326 e. The second-order valence-corrected chi connectivity index (χ2v) is 10.1. The molecule has 0 bridgehead atoms. The van der Waals surface area contributed by atoms with Gasteiger partial charge in [0, 0.05) is 18.1 Å². The van der Waals surface area contributed by atoms with Crippen molar-refractivity contribution >= 4 is 11.8 Å². The van der Waals surface area contributed by atoms with E-state index in [1.807, 2.05) is 82.3 Å². The van der Waals surface area contributed by atoms with E-state index < -0.39 is 17.6 Å². The fraction of sp³-hybridized carbons (Fsp3) is 0.345. The average molecular weight is 460 g/mol. The van der Waals surface area contributed by atoms with Gasteiger partial charge in [-0.2, -0.15) is 0 Å². The molecule has 0 saturated carbocycles. The van der Waals surface area contributed by atoms with Crippen molar-refractivity contribution in [1.29, 1.82) is 0 Å². The molecule has 0 amide bonds. The second-order valence-electron chi connectivity index (χ2n) is 10.1. The molecule has 0 aliphatic heterocycles. The monoisotopic (exact) mass is 459 g/mol. The number of carbonyl (C=O) groups is 2. The lowest BCUT2D eigenvalue weighted by molar-refractivity contribution is -0.141. The largest absolute Gasteiger partial charge is 0.480 e. The van der Waals surface area contributed by atoms with E-state index in [1.54, 1.807) is 6.92 Å². The Labute approximate surface area is 201 Å². The summed E-state index contributed by atoms with van der Waals surface area (Å²) in [6.07, 6.45) is 1.12. The molecular formula is C29H33NO4. The maximum Gasteiger partial charge on any atom is 0.326 e. The summed E-state index contributed by atoms with van der Waals surface area (Å²) < 4.78 is 1.36. The maximum absolute atomic E-state index is 13.4. The van der Waals surface area contributed by atoms with Gasteiger partial charge in [0.25, 0.3) is 5.56 Å². The molecule has 5 nitrogen and oxygen atoms in total. The zero-order valence-electron chi connectivity index (χ0n) is 20.6. The summed E-state index contributed by atoms with van der Waals surface area (Å²) in [4.78, 5) is 38.9. The number of pyridine rings is 1. The molecule has 3 rings (SSSR count). The Bertz CT molecular complexity index is 1230. The summed E-state index contributed by atoms with van der Waals surface area (Å²) in [6.45, 7) is 9.62. The van der Waals surface area contributed by atoms with Gasteiger partial charge in [-0.3, -0.25) is 14.2 Å². The van der Waals surface area contributed by atoms with Crippen LogP contribution in [0.5, 0.6) is 0 Å². The molecule has 0 spiro atoms. The highest BCUT2D eigenvalue weighted by Crippen LogP contribution is 2.33. The van der Waals surface area contributed by atoms with Crippen LogP contribution < -0.4 is 5.56 Å². The van der Waals surface area contributed by atoms with Crippen LogP contribution in [0, 0.1) is 19.3 Å². The number of rotatable bonds is 8. The Morgan fingerprint density at radius 3 is 2.15 bits per heavy atom. The number of hydrogen-bond acceptors (Lipinski definition) is 3. The molecule has 34 heavy (non-hydrogen) atoms. The van der Waals surface area contributed by atoms with Crippen molar-refractivity contribution in [3.8, 4) is 11.3 Å². The van der Waals surface area contributed by atoms with Crippen LogP contribution in [0.4, 0.5) is 0 Å². The number of aryl methyl sites for hydroxylation is 2. The van der Waals surface area contributed by atoms with Gasteiger partial charge in [-0.05, 0) is 48.8 Å². The minimum atomic E-state index is -1.06. The molecule has 0 aliphatic carbocycles. The number of hydrogen-bond donors (Lipinski definition) is 1. The van der Waals surface area contributed by atoms with Gasteiger partial charge in [0.2, 0.25) is 0 Å². The Kier molecular flexibility index (Phi) is 7.55. The molecule has 178 valence electrons. The van der Waals surface area contributed by atoms with Gasteiger partial charge in [-0.1, -0.05) is 80.9 Å². The third-order valence-corrected chi connectivity index (χ3v) is 6.02. The molecule has 1 heterocycles. The van der Waals surface area contributed by atoms with Crippen LogP contribution in [0.1, 0.15) is 66.7 Å². The van der Waals surface area contributed by atoms with Gasteiger partial charge >= 0.3 is 5.97 Å². The molecule has 1 aromatic heterocycles. The molecule has 3 aromatic rings. The first-order chi connectivity index (χ1) is 16.0. The van der Waals surface area contributed by atoms with Gasteiger partial charge in [0.05, 0.1) is 5.69 Å². The summed E-state index contributed by atoms with van der Waals surface area (Å²) >= 11 is 0. The minimum absolute atomic E-state index is 0.123. The number of carboxylic acid groups (broad SMARTS) is 1. The molecule has 1 atom stereocenters. The van der Waals surface area contributed by atoms with Crippen LogP contribution in [-0.2, 0) is 11.2 Å². The number of aromatic nitrogens is 1. The van der Waals surface area contributed by atoms with Crippen LogP contribution in [0.25, 0.3) is 11.3 Å². The molecule has 0 aliphatic rings. The molecule has 1 N–H and O–H groups in total. The van der Waals surface area contributed by atoms with Crippen molar-refractivity contribution in [2.45, 2.75) is 59.9 Å². The van der Waals surface area contributed by atoms with Crippen LogP contribution in [0.3, 0.4) is 0 Å². The van der Waals surface area contributed by atoms with Crippen molar-refractivity contribution in [3.05, 3.63) is 93.3 Å². The van der Waals surface area contributed by atoms with Gasteiger partial charge in [0.15, 0.2) is 5.78 Å². The lowest BCUT2D eigenvalue weighted by Gasteiger charge is -2.28. The fourth-order valence-electron chi connectivity index (χ4n) is 4.29. The van der Waals surface area contributed by atoms with E-state index in [1.165, 1.54) is 10.6 Å². The predicted molar refractivity (Wildman–Crippen MR) is 135 cm³/mol. The van der Waals surface area contributed by atoms with Crippen LogP contribution in [-0.4, -0.2) is 21.4 Å². The molecule has 2 aromatic carbocycles. The number of aliphatic carboxylic acids is 1. The quantitative estimate of drug-likeness (QED) is 0.419. The van der Waals surface area contributed by atoms with Crippen LogP contribution in [0.15, 0.2) is 65.5 Å². The number of ketones is 1. The fourth-order valence-corrected chi connectivity index (χ4v) is 4.29. The molecule has 1 unspecified atom stereocenters.